The Bertz CT molecular complexity index is 215. The molecule has 0 radical (unpaired) electrons. The highest BCUT2D eigenvalue weighted by Gasteiger charge is 2.28. The lowest BCUT2D eigenvalue weighted by atomic mass is 9.98. The summed E-state index contributed by atoms with van der Waals surface area (Å²) in [4.78, 5) is 22.0. The summed E-state index contributed by atoms with van der Waals surface area (Å²) in [6.07, 6.45) is 0. The SMILES string of the molecule is CC(C)C(NC(C(=O)O)C(C)C)C(N)=O. The minimum absolute atomic E-state index is 0.0249. The van der Waals surface area contributed by atoms with Gasteiger partial charge in [0.15, 0.2) is 0 Å². The van der Waals surface area contributed by atoms with E-state index in [1.807, 2.05) is 13.8 Å². The van der Waals surface area contributed by atoms with Crippen molar-refractivity contribution >= 4 is 11.9 Å². The third-order valence-corrected chi connectivity index (χ3v) is 2.27. The highest BCUT2D eigenvalue weighted by atomic mass is 16.4. The molecule has 0 rings (SSSR count). The zero-order valence-corrected chi connectivity index (χ0v) is 9.65. The second-order valence-corrected chi connectivity index (χ2v) is 4.35. The van der Waals surface area contributed by atoms with Gasteiger partial charge in [-0.15, -0.1) is 0 Å². The van der Waals surface area contributed by atoms with Crippen LogP contribution in [0.1, 0.15) is 27.7 Å². The van der Waals surface area contributed by atoms with Gasteiger partial charge in [0.25, 0.3) is 0 Å². The molecular weight excluding hydrogens is 196 g/mol. The smallest absolute Gasteiger partial charge is 0.320 e. The van der Waals surface area contributed by atoms with Gasteiger partial charge in [0, 0.05) is 0 Å². The van der Waals surface area contributed by atoms with Gasteiger partial charge in [-0.25, -0.2) is 0 Å². The van der Waals surface area contributed by atoms with E-state index in [2.05, 4.69) is 5.32 Å². The van der Waals surface area contributed by atoms with Gasteiger partial charge in [0.1, 0.15) is 6.04 Å². The predicted molar refractivity (Wildman–Crippen MR) is 57.2 cm³/mol. The van der Waals surface area contributed by atoms with Crippen molar-refractivity contribution in [1.29, 1.82) is 0 Å². The molecule has 0 aliphatic heterocycles. The lowest BCUT2D eigenvalue weighted by molar-refractivity contribution is -0.141. The van der Waals surface area contributed by atoms with Gasteiger partial charge >= 0.3 is 5.97 Å². The number of hydrogen-bond donors (Lipinski definition) is 3. The van der Waals surface area contributed by atoms with E-state index >= 15 is 0 Å². The molecule has 0 aliphatic rings. The summed E-state index contributed by atoms with van der Waals surface area (Å²) in [7, 11) is 0. The minimum Gasteiger partial charge on any atom is -0.480 e. The molecule has 5 nitrogen and oxygen atoms in total. The molecule has 1 amide bonds. The van der Waals surface area contributed by atoms with Crippen molar-refractivity contribution in [3.05, 3.63) is 0 Å². The first-order valence-electron chi connectivity index (χ1n) is 5.05. The fourth-order valence-corrected chi connectivity index (χ4v) is 1.35. The first kappa shape index (κ1) is 13.9. The fourth-order valence-electron chi connectivity index (χ4n) is 1.35. The summed E-state index contributed by atoms with van der Waals surface area (Å²) in [5, 5.41) is 11.7. The molecule has 15 heavy (non-hydrogen) atoms. The number of rotatable bonds is 6. The van der Waals surface area contributed by atoms with Crippen LogP contribution in [-0.2, 0) is 9.59 Å². The normalized spacial score (nSPS) is 15.3. The van der Waals surface area contributed by atoms with Gasteiger partial charge in [-0.3, -0.25) is 14.9 Å². The molecule has 0 heterocycles. The van der Waals surface area contributed by atoms with E-state index in [1.54, 1.807) is 13.8 Å². The first-order chi connectivity index (χ1) is 6.77. The van der Waals surface area contributed by atoms with Crippen LogP contribution in [0, 0.1) is 11.8 Å². The molecular formula is C10H20N2O3. The summed E-state index contributed by atoms with van der Waals surface area (Å²) in [6, 6.07) is -1.35. The lowest BCUT2D eigenvalue weighted by Crippen LogP contribution is -2.53. The summed E-state index contributed by atoms with van der Waals surface area (Å²) in [5.41, 5.74) is 5.19. The Morgan fingerprint density at radius 3 is 1.67 bits per heavy atom. The van der Waals surface area contributed by atoms with E-state index in [0.717, 1.165) is 0 Å². The topological polar surface area (TPSA) is 92.4 Å². The maximum absolute atomic E-state index is 11.1. The van der Waals surface area contributed by atoms with Crippen molar-refractivity contribution < 1.29 is 14.7 Å². The Balaban J connectivity index is 4.62. The minimum atomic E-state index is -0.961. The number of carbonyl (C=O) groups excluding carboxylic acids is 1. The van der Waals surface area contributed by atoms with Gasteiger partial charge in [-0.05, 0) is 11.8 Å². The van der Waals surface area contributed by atoms with E-state index in [0.29, 0.717) is 0 Å². The molecule has 0 aliphatic carbocycles. The zero-order chi connectivity index (χ0) is 12.2. The van der Waals surface area contributed by atoms with Crippen LogP contribution in [-0.4, -0.2) is 29.1 Å². The van der Waals surface area contributed by atoms with Crippen LogP contribution >= 0.6 is 0 Å². The van der Waals surface area contributed by atoms with E-state index in [-0.39, 0.29) is 11.8 Å². The highest BCUT2D eigenvalue weighted by molar-refractivity contribution is 5.81. The summed E-state index contributed by atoms with van der Waals surface area (Å²) >= 11 is 0. The maximum atomic E-state index is 11.1. The number of amides is 1. The van der Waals surface area contributed by atoms with Gasteiger partial charge in [0.2, 0.25) is 5.91 Å². The number of hydrogen-bond acceptors (Lipinski definition) is 3. The second kappa shape index (κ2) is 5.70. The predicted octanol–water partition coefficient (Wildman–Crippen LogP) is 0.195. The monoisotopic (exact) mass is 216 g/mol. The van der Waals surface area contributed by atoms with Gasteiger partial charge in [-0.2, -0.15) is 0 Å². The van der Waals surface area contributed by atoms with E-state index in [9.17, 15) is 9.59 Å². The van der Waals surface area contributed by atoms with Crippen LogP contribution in [0.3, 0.4) is 0 Å². The molecule has 4 N–H and O–H groups in total. The molecule has 0 aromatic heterocycles. The van der Waals surface area contributed by atoms with Crippen molar-refractivity contribution in [3.8, 4) is 0 Å². The number of carbonyl (C=O) groups is 2. The summed E-state index contributed by atoms with van der Waals surface area (Å²) in [5.74, 6) is -1.60. The molecule has 88 valence electrons. The molecule has 5 heteroatoms. The third-order valence-electron chi connectivity index (χ3n) is 2.27. The first-order valence-corrected chi connectivity index (χ1v) is 5.05. The summed E-state index contributed by atoms with van der Waals surface area (Å²) < 4.78 is 0. The molecule has 0 aromatic rings. The van der Waals surface area contributed by atoms with Crippen molar-refractivity contribution in [2.75, 3.05) is 0 Å². The van der Waals surface area contributed by atoms with Crippen LogP contribution in [0.4, 0.5) is 0 Å². The molecule has 2 atom stereocenters. The number of carboxylic acid groups (broad SMARTS) is 1. The van der Waals surface area contributed by atoms with Crippen LogP contribution in [0.5, 0.6) is 0 Å². The Hall–Kier alpha value is -1.10. The third kappa shape index (κ3) is 4.29. The molecule has 2 unspecified atom stereocenters. The average molecular weight is 216 g/mol. The lowest BCUT2D eigenvalue weighted by Gasteiger charge is -2.25. The van der Waals surface area contributed by atoms with E-state index < -0.39 is 24.0 Å². The molecule has 0 aromatic carbocycles. The van der Waals surface area contributed by atoms with Crippen LogP contribution in [0.25, 0.3) is 0 Å². The standard InChI is InChI=1S/C10H20N2O3/c1-5(2)7(9(11)13)12-8(6(3)4)10(14)15/h5-8,12H,1-4H3,(H2,11,13)(H,14,15). The van der Waals surface area contributed by atoms with Crippen molar-refractivity contribution in [1.82, 2.24) is 5.32 Å². The maximum Gasteiger partial charge on any atom is 0.320 e. The van der Waals surface area contributed by atoms with Gasteiger partial charge in [0.05, 0.1) is 6.04 Å². The summed E-state index contributed by atoms with van der Waals surface area (Å²) in [6.45, 7) is 7.21. The quantitative estimate of drug-likeness (QED) is 0.591. The van der Waals surface area contributed by atoms with E-state index in [4.69, 9.17) is 10.8 Å². The Morgan fingerprint density at radius 1 is 1.07 bits per heavy atom. The van der Waals surface area contributed by atoms with Crippen molar-refractivity contribution in [2.24, 2.45) is 17.6 Å². The van der Waals surface area contributed by atoms with Crippen molar-refractivity contribution in [2.45, 2.75) is 39.8 Å². The van der Waals surface area contributed by atoms with Crippen LogP contribution in [0.2, 0.25) is 0 Å². The van der Waals surface area contributed by atoms with Crippen LogP contribution in [0.15, 0.2) is 0 Å². The van der Waals surface area contributed by atoms with Gasteiger partial charge in [-0.1, -0.05) is 27.7 Å². The highest BCUT2D eigenvalue weighted by Crippen LogP contribution is 2.07. The molecule has 0 spiro atoms. The van der Waals surface area contributed by atoms with Gasteiger partial charge < -0.3 is 10.8 Å². The Labute approximate surface area is 90.0 Å². The van der Waals surface area contributed by atoms with Crippen molar-refractivity contribution in [3.63, 3.8) is 0 Å². The number of aliphatic carboxylic acids is 1. The molecule has 0 bridgehead atoms. The molecule has 0 fully saturated rings. The van der Waals surface area contributed by atoms with Crippen LogP contribution < -0.4 is 11.1 Å². The number of nitrogens with one attached hydrogen (secondary N) is 1. The number of primary amides is 1. The Morgan fingerprint density at radius 2 is 1.47 bits per heavy atom. The van der Waals surface area contributed by atoms with E-state index in [1.165, 1.54) is 0 Å². The fraction of sp³-hybridized carbons (Fsp3) is 0.800. The molecule has 0 saturated heterocycles. The zero-order valence-electron chi connectivity index (χ0n) is 9.65. The molecule has 0 saturated carbocycles. The second-order valence-electron chi connectivity index (χ2n) is 4.35. The number of nitrogens with two attached hydrogens (primary N) is 1. The average Bonchev–Trinajstić information content (AvgIpc) is 2.01. The largest absolute Gasteiger partial charge is 0.480 e. The Kier molecular flexibility index (Phi) is 5.28. The number of carboxylic acids is 1.